The third kappa shape index (κ3) is 5.90. The number of hydrazine groups is 1. The van der Waals surface area contributed by atoms with Crippen molar-refractivity contribution in [1.82, 2.24) is 5.43 Å². The lowest BCUT2D eigenvalue weighted by molar-refractivity contribution is -0.144. The van der Waals surface area contributed by atoms with Crippen LogP contribution in [0.25, 0.3) is 0 Å². The second-order valence-electron chi connectivity index (χ2n) is 5.31. The van der Waals surface area contributed by atoms with Gasteiger partial charge in [-0.15, -0.1) is 0 Å². The Morgan fingerprint density at radius 2 is 1.62 bits per heavy atom. The summed E-state index contributed by atoms with van der Waals surface area (Å²) in [6, 6.07) is 4.20. The van der Waals surface area contributed by atoms with E-state index in [1.165, 1.54) is 25.1 Å². The minimum atomic E-state index is -1.45. The van der Waals surface area contributed by atoms with E-state index in [1.54, 1.807) is 13.8 Å². The van der Waals surface area contributed by atoms with E-state index >= 15 is 0 Å². The van der Waals surface area contributed by atoms with Crippen molar-refractivity contribution >= 4 is 18.3 Å². The topological polar surface area (TPSA) is 146 Å². The van der Waals surface area contributed by atoms with Crippen molar-refractivity contribution in [3.05, 3.63) is 23.8 Å². The molecule has 0 amide bonds. The van der Waals surface area contributed by atoms with Gasteiger partial charge < -0.3 is 24.1 Å². The van der Waals surface area contributed by atoms with Crippen LogP contribution < -0.4 is 20.7 Å². The summed E-state index contributed by atoms with van der Waals surface area (Å²) < 4.78 is 19.4. The molecule has 0 radical (unpaired) electrons. The second-order valence-corrected chi connectivity index (χ2v) is 5.31. The number of nitrogens with one attached hydrogen (secondary N) is 1. The number of nitrogens with two attached hydrogens (primary N) is 1. The van der Waals surface area contributed by atoms with Crippen LogP contribution in [0.4, 0.5) is 9.59 Å². The van der Waals surface area contributed by atoms with Crippen LogP contribution in [0.5, 0.6) is 11.5 Å². The molecule has 0 saturated carbocycles. The Kier molecular flexibility index (Phi) is 7.81. The van der Waals surface area contributed by atoms with Gasteiger partial charge in [0.05, 0.1) is 13.2 Å². The lowest BCUT2D eigenvalue weighted by Gasteiger charge is -2.24. The van der Waals surface area contributed by atoms with Crippen LogP contribution in [0.2, 0.25) is 0 Å². The molecule has 0 spiro atoms. The van der Waals surface area contributed by atoms with Gasteiger partial charge in [-0.2, -0.15) is 0 Å². The predicted molar refractivity (Wildman–Crippen MR) is 88.8 cm³/mol. The van der Waals surface area contributed by atoms with E-state index in [2.05, 4.69) is 10.2 Å². The van der Waals surface area contributed by atoms with Crippen molar-refractivity contribution in [3.8, 4) is 11.5 Å². The molecule has 1 aromatic rings. The number of carboxylic acids is 1. The molecule has 10 nitrogen and oxygen atoms in total. The summed E-state index contributed by atoms with van der Waals surface area (Å²) >= 11 is 0. The molecule has 0 aliphatic carbocycles. The van der Waals surface area contributed by atoms with Crippen LogP contribution in [0.3, 0.4) is 0 Å². The van der Waals surface area contributed by atoms with Gasteiger partial charge in [-0.3, -0.25) is 10.6 Å². The smallest absolute Gasteiger partial charge is 0.480 e. The average Bonchev–Trinajstić information content (AvgIpc) is 2.57. The molecule has 0 heterocycles. The van der Waals surface area contributed by atoms with Gasteiger partial charge in [0.1, 0.15) is 5.54 Å². The molecule has 10 heteroatoms. The van der Waals surface area contributed by atoms with Gasteiger partial charge in [0.25, 0.3) is 0 Å². The van der Waals surface area contributed by atoms with E-state index in [4.69, 9.17) is 20.1 Å². The highest BCUT2D eigenvalue weighted by Crippen LogP contribution is 2.30. The number of hydrogen-bond acceptors (Lipinski definition) is 9. The van der Waals surface area contributed by atoms with E-state index in [1.807, 2.05) is 0 Å². The van der Waals surface area contributed by atoms with Crippen molar-refractivity contribution in [2.45, 2.75) is 32.7 Å². The molecule has 1 aromatic carbocycles. The highest BCUT2D eigenvalue weighted by molar-refractivity contribution is 5.78. The maximum Gasteiger partial charge on any atom is 0.513 e. The molecule has 0 bridgehead atoms. The molecular formula is C16H22N2O8. The van der Waals surface area contributed by atoms with Crippen LogP contribution in [0.1, 0.15) is 26.3 Å². The van der Waals surface area contributed by atoms with Crippen molar-refractivity contribution in [2.75, 3.05) is 13.2 Å². The summed E-state index contributed by atoms with van der Waals surface area (Å²) in [7, 11) is 0. The summed E-state index contributed by atoms with van der Waals surface area (Å²) in [6.45, 7) is 4.78. The largest absolute Gasteiger partial charge is 0.513 e. The van der Waals surface area contributed by atoms with Crippen LogP contribution in [-0.2, 0) is 20.7 Å². The highest BCUT2D eigenvalue weighted by Gasteiger charge is 2.32. The maximum absolute atomic E-state index is 11.6. The molecule has 4 N–H and O–H groups in total. The fraction of sp³-hybridized carbons (Fsp3) is 0.438. The molecule has 1 rings (SSSR count). The Labute approximate surface area is 150 Å². The number of ether oxygens (including phenoxy) is 4. The van der Waals surface area contributed by atoms with E-state index in [0.717, 1.165) is 0 Å². The van der Waals surface area contributed by atoms with E-state index in [-0.39, 0.29) is 31.1 Å². The number of carbonyl (C=O) groups excluding carboxylic acids is 2. The lowest BCUT2D eigenvalue weighted by Crippen LogP contribution is -2.54. The second kappa shape index (κ2) is 9.59. The van der Waals surface area contributed by atoms with Crippen LogP contribution >= 0.6 is 0 Å². The minimum Gasteiger partial charge on any atom is -0.480 e. The quantitative estimate of drug-likeness (QED) is 0.267. The molecule has 144 valence electrons. The molecule has 0 aliphatic rings. The van der Waals surface area contributed by atoms with Crippen LogP contribution in [0, 0.1) is 0 Å². The minimum absolute atomic E-state index is 0.0301. The Bertz CT molecular complexity index is 664. The summed E-state index contributed by atoms with van der Waals surface area (Å²) in [5.41, 5.74) is 1.24. The molecule has 26 heavy (non-hydrogen) atoms. The molecule has 0 aliphatic heterocycles. The molecule has 1 atom stereocenters. The summed E-state index contributed by atoms with van der Waals surface area (Å²) in [6.07, 6.45) is -2.01. The first kappa shape index (κ1) is 21.2. The maximum atomic E-state index is 11.6. The zero-order valence-corrected chi connectivity index (χ0v) is 14.7. The third-order valence-corrected chi connectivity index (χ3v) is 3.27. The fourth-order valence-electron chi connectivity index (χ4n) is 1.90. The summed E-state index contributed by atoms with van der Waals surface area (Å²) in [5, 5.41) is 9.28. The number of aliphatic carboxylic acids is 1. The first-order valence-electron chi connectivity index (χ1n) is 7.79. The van der Waals surface area contributed by atoms with Gasteiger partial charge in [0.2, 0.25) is 0 Å². The average molecular weight is 370 g/mol. The molecule has 0 aromatic heterocycles. The standard InChI is InChI=1S/C16H22N2O8/c1-4-23-14(21)25-11-7-6-10(9-16(3,18-17)13(19)20)8-12(11)26-15(22)24-5-2/h6-8,18H,4-5,9,17H2,1-3H3,(H,19,20). The SMILES string of the molecule is CCOC(=O)Oc1ccc(CC(C)(NN)C(=O)O)cc1OC(=O)OCC. The lowest BCUT2D eigenvalue weighted by atomic mass is 9.93. The number of rotatable bonds is 8. The first-order chi connectivity index (χ1) is 12.3. The van der Waals surface area contributed by atoms with E-state index in [9.17, 15) is 19.5 Å². The Balaban J connectivity index is 3.14. The van der Waals surface area contributed by atoms with Crippen LogP contribution in [0.15, 0.2) is 18.2 Å². The number of carbonyl (C=O) groups is 3. The Morgan fingerprint density at radius 3 is 2.08 bits per heavy atom. The van der Waals surface area contributed by atoms with Gasteiger partial charge in [0, 0.05) is 6.42 Å². The first-order valence-corrected chi connectivity index (χ1v) is 7.79. The van der Waals surface area contributed by atoms with Gasteiger partial charge in [0.15, 0.2) is 11.5 Å². The molecular weight excluding hydrogens is 348 g/mol. The number of benzene rings is 1. The summed E-state index contributed by atoms with van der Waals surface area (Å²) in [4.78, 5) is 34.5. The van der Waals surface area contributed by atoms with Gasteiger partial charge in [-0.05, 0) is 38.5 Å². The predicted octanol–water partition coefficient (Wildman–Crippen LogP) is 1.61. The fourth-order valence-corrected chi connectivity index (χ4v) is 1.90. The monoisotopic (exact) mass is 370 g/mol. The van der Waals surface area contributed by atoms with Gasteiger partial charge >= 0.3 is 18.3 Å². The number of carboxylic acid groups (broad SMARTS) is 1. The van der Waals surface area contributed by atoms with Crippen molar-refractivity contribution in [2.24, 2.45) is 5.84 Å². The van der Waals surface area contributed by atoms with E-state index in [0.29, 0.717) is 5.56 Å². The van der Waals surface area contributed by atoms with Crippen molar-refractivity contribution in [1.29, 1.82) is 0 Å². The summed E-state index contributed by atoms with van der Waals surface area (Å²) in [5.74, 6) is 3.94. The zero-order valence-electron chi connectivity index (χ0n) is 14.7. The molecule has 0 fully saturated rings. The van der Waals surface area contributed by atoms with Crippen molar-refractivity contribution in [3.63, 3.8) is 0 Å². The third-order valence-electron chi connectivity index (χ3n) is 3.27. The number of hydrogen-bond donors (Lipinski definition) is 3. The van der Waals surface area contributed by atoms with E-state index < -0.39 is 23.8 Å². The van der Waals surface area contributed by atoms with Gasteiger partial charge in [-0.25, -0.2) is 15.0 Å². The molecule has 0 saturated heterocycles. The highest BCUT2D eigenvalue weighted by atomic mass is 16.7. The van der Waals surface area contributed by atoms with Crippen molar-refractivity contribution < 1.29 is 38.4 Å². The molecule has 1 unspecified atom stereocenters. The zero-order chi connectivity index (χ0) is 19.7. The van der Waals surface area contributed by atoms with Crippen LogP contribution in [-0.4, -0.2) is 42.1 Å². The Morgan fingerprint density at radius 1 is 1.08 bits per heavy atom. The Hall–Kier alpha value is -2.85. The van der Waals surface area contributed by atoms with Gasteiger partial charge in [-0.1, -0.05) is 6.07 Å². The normalized spacial score (nSPS) is 12.6.